The number of aromatic nitrogens is 3. The van der Waals surface area contributed by atoms with Crippen molar-refractivity contribution >= 4 is 51.3 Å². The van der Waals surface area contributed by atoms with Crippen molar-refractivity contribution in [3.05, 3.63) is 41.8 Å². The molecule has 0 spiro atoms. The third-order valence-corrected chi connectivity index (χ3v) is 11.9. The van der Waals surface area contributed by atoms with Gasteiger partial charge in [0.2, 0.25) is 0 Å². The van der Waals surface area contributed by atoms with E-state index in [0.717, 1.165) is 73.3 Å². The molecule has 4 atom stereocenters. The van der Waals surface area contributed by atoms with Crippen LogP contribution in [0.4, 0.5) is 10.2 Å². The van der Waals surface area contributed by atoms with Gasteiger partial charge in [0.15, 0.2) is 5.82 Å². The second-order valence-corrected chi connectivity index (χ2v) is 15.2. The Kier molecular flexibility index (Phi) is 8.59. The molecular weight excluding hydrogens is 617 g/mol. The number of likely N-dealkylation sites (N-methyl/N-ethyl adjacent to an activating group) is 1. The molecule has 1 aliphatic carbocycles. The van der Waals surface area contributed by atoms with Crippen LogP contribution in [0.1, 0.15) is 51.0 Å². The lowest BCUT2D eigenvalue weighted by Crippen LogP contribution is -2.54. The van der Waals surface area contributed by atoms with Crippen LogP contribution in [0.15, 0.2) is 30.5 Å². The Morgan fingerprint density at radius 3 is 2.70 bits per heavy atom. The van der Waals surface area contributed by atoms with Crippen molar-refractivity contribution in [3.63, 3.8) is 0 Å². The molecule has 1 saturated carbocycles. The highest BCUT2D eigenvalue weighted by Crippen LogP contribution is 2.43. The van der Waals surface area contributed by atoms with Crippen LogP contribution in [0.2, 0.25) is 0 Å². The van der Waals surface area contributed by atoms with E-state index < -0.39 is 5.82 Å². The second kappa shape index (κ2) is 12.4. The highest BCUT2D eigenvalue weighted by molar-refractivity contribution is 7.27. The summed E-state index contributed by atoms with van der Waals surface area (Å²) >= 11 is 0. The van der Waals surface area contributed by atoms with Crippen LogP contribution in [0, 0.1) is 5.82 Å². The van der Waals surface area contributed by atoms with Gasteiger partial charge in [-0.15, -0.1) is 18.5 Å². The minimum atomic E-state index is -0.490. The molecule has 3 fully saturated rings. The third-order valence-electron chi connectivity index (χ3n) is 10.9. The summed E-state index contributed by atoms with van der Waals surface area (Å²) in [7, 11) is 11.7. The zero-order valence-electron chi connectivity index (χ0n) is 27.3. The van der Waals surface area contributed by atoms with E-state index in [0.29, 0.717) is 41.3 Å². The zero-order chi connectivity index (χ0) is 32.2. The molecule has 0 bridgehead atoms. The standard InChI is InChI=1S/C35H45FN6O2P2/c1-5-24-27(46)9-8-21-14-22(43-4)15-25(28(21)24)30-29(36)31-26(17-37-30)32(38-19-34(41(2)3)10-6-11-34)40-33(39-31)44-20-35-12-7-13-42(35)18-23(45)16-35/h8-9,14-15,17,23H,5-7,10-13,16,18-20,45-46H2,1-4H3,(H,38,39,40)/t23-,35+/m1/s1. The van der Waals surface area contributed by atoms with Gasteiger partial charge in [-0.3, -0.25) is 9.88 Å². The number of nitrogens with one attached hydrogen (secondary N) is 1. The number of fused-ring (bicyclic) bond motifs is 3. The van der Waals surface area contributed by atoms with Crippen LogP contribution in [0.5, 0.6) is 11.8 Å². The van der Waals surface area contributed by atoms with Gasteiger partial charge in [0.05, 0.1) is 18.0 Å². The average Bonchev–Trinajstić information content (AvgIpc) is 3.55. The maximum absolute atomic E-state index is 17.0. The summed E-state index contributed by atoms with van der Waals surface area (Å²) < 4.78 is 29.1. The van der Waals surface area contributed by atoms with Crippen LogP contribution < -0.4 is 20.1 Å². The van der Waals surface area contributed by atoms with Gasteiger partial charge >= 0.3 is 6.01 Å². The molecule has 0 amide bonds. The monoisotopic (exact) mass is 662 g/mol. The number of pyridine rings is 1. The predicted molar refractivity (Wildman–Crippen MR) is 191 cm³/mol. The number of nitrogens with zero attached hydrogens (tertiary/aromatic N) is 5. The van der Waals surface area contributed by atoms with E-state index in [2.05, 4.69) is 60.7 Å². The fraction of sp³-hybridized carbons (Fsp3) is 0.514. The first-order chi connectivity index (χ1) is 22.2. The molecule has 2 saturated heterocycles. The van der Waals surface area contributed by atoms with E-state index in [1.54, 1.807) is 13.3 Å². The van der Waals surface area contributed by atoms with Crippen LogP contribution in [-0.4, -0.2) is 88.9 Å². The Balaban J connectivity index is 1.35. The summed E-state index contributed by atoms with van der Waals surface area (Å²) in [4.78, 5) is 19.2. The van der Waals surface area contributed by atoms with Gasteiger partial charge in [0, 0.05) is 30.4 Å². The van der Waals surface area contributed by atoms with Gasteiger partial charge in [-0.2, -0.15) is 9.97 Å². The van der Waals surface area contributed by atoms with Gasteiger partial charge in [-0.1, -0.05) is 19.1 Å². The number of ether oxygens (including phenoxy) is 2. The Morgan fingerprint density at radius 1 is 1.15 bits per heavy atom. The number of rotatable bonds is 10. The van der Waals surface area contributed by atoms with Gasteiger partial charge in [-0.05, 0) is 105 Å². The minimum absolute atomic E-state index is 0.0207. The Bertz CT molecular complexity index is 1800. The number of aryl methyl sites for hydroxylation is 1. The van der Waals surface area contributed by atoms with Crippen molar-refractivity contribution in [2.45, 2.75) is 68.6 Å². The minimum Gasteiger partial charge on any atom is -0.497 e. The highest BCUT2D eigenvalue weighted by atomic mass is 31.0. The number of hydrogen-bond donors (Lipinski definition) is 1. The third kappa shape index (κ3) is 5.41. The first-order valence-corrected chi connectivity index (χ1v) is 17.7. The van der Waals surface area contributed by atoms with E-state index in [4.69, 9.17) is 24.4 Å². The van der Waals surface area contributed by atoms with Gasteiger partial charge in [0.25, 0.3) is 0 Å². The van der Waals surface area contributed by atoms with E-state index >= 15 is 4.39 Å². The van der Waals surface area contributed by atoms with Crippen molar-refractivity contribution < 1.29 is 13.9 Å². The number of anilines is 1. The summed E-state index contributed by atoms with van der Waals surface area (Å²) in [5.41, 5.74) is 2.82. The maximum Gasteiger partial charge on any atom is 0.319 e. The molecule has 244 valence electrons. The maximum atomic E-state index is 17.0. The molecule has 1 N–H and O–H groups in total. The topological polar surface area (TPSA) is 75.6 Å². The smallest absolute Gasteiger partial charge is 0.319 e. The average molecular weight is 663 g/mol. The normalized spacial score (nSPS) is 22.4. The second-order valence-electron chi connectivity index (χ2n) is 13.7. The quantitative estimate of drug-likeness (QED) is 0.213. The molecule has 46 heavy (non-hydrogen) atoms. The van der Waals surface area contributed by atoms with Crippen molar-refractivity contribution in [1.29, 1.82) is 0 Å². The molecule has 8 nitrogen and oxygen atoms in total. The van der Waals surface area contributed by atoms with Crippen LogP contribution in [0.3, 0.4) is 0 Å². The molecular formula is C35H45FN6O2P2. The largest absolute Gasteiger partial charge is 0.497 e. The molecule has 7 rings (SSSR count). The summed E-state index contributed by atoms with van der Waals surface area (Å²) in [6.07, 6.45) is 9.21. The summed E-state index contributed by atoms with van der Waals surface area (Å²) in [5, 5.41) is 7.15. The Labute approximate surface area is 275 Å². The number of halogens is 1. The van der Waals surface area contributed by atoms with Crippen LogP contribution in [0.25, 0.3) is 32.9 Å². The lowest BCUT2D eigenvalue weighted by molar-refractivity contribution is 0.0738. The Morgan fingerprint density at radius 2 is 1.98 bits per heavy atom. The zero-order valence-corrected chi connectivity index (χ0v) is 29.6. The van der Waals surface area contributed by atoms with E-state index in [-0.39, 0.29) is 28.3 Å². The molecule has 4 aromatic rings. The summed E-state index contributed by atoms with van der Waals surface area (Å²) in [6.45, 7) is 5.44. The summed E-state index contributed by atoms with van der Waals surface area (Å²) in [6, 6.07) is 8.19. The summed E-state index contributed by atoms with van der Waals surface area (Å²) in [5.74, 6) is 0.713. The number of hydrogen-bond acceptors (Lipinski definition) is 8. The van der Waals surface area contributed by atoms with E-state index in [1.165, 1.54) is 6.42 Å². The van der Waals surface area contributed by atoms with Gasteiger partial charge < -0.3 is 19.7 Å². The lowest BCUT2D eigenvalue weighted by atomic mass is 9.75. The van der Waals surface area contributed by atoms with Crippen molar-refractivity contribution in [2.75, 3.05) is 52.8 Å². The SMILES string of the molecule is CCc1c(P)ccc2cc(OC)cc(-c3ncc4c(NCC5(N(C)C)CCC5)nc(OC[C@@]56CCCN5C[C@H](P)C6)nc4c3F)c12. The van der Waals surface area contributed by atoms with E-state index in [1.807, 2.05) is 18.2 Å². The van der Waals surface area contributed by atoms with Crippen molar-refractivity contribution in [1.82, 2.24) is 24.8 Å². The highest BCUT2D eigenvalue weighted by Gasteiger charge is 2.48. The van der Waals surface area contributed by atoms with E-state index in [9.17, 15) is 0 Å². The van der Waals surface area contributed by atoms with Crippen molar-refractivity contribution in [3.8, 4) is 23.0 Å². The molecule has 4 heterocycles. The molecule has 2 aromatic heterocycles. The van der Waals surface area contributed by atoms with Crippen LogP contribution in [-0.2, 0) is 6.42 Å². The van der Waals surface area contributed by atoms with Crippen LogP contribution >= 0.6 is 18.5 Å². The first kappa shape index (κ1) is 31.9. The fourth-order valence-corrected chi connectivity index (χ4v) is 9.16. The molecule has 11 heteroatoms. The van der Waals surface area contributed by atoms with Crippen molar-refractivity contribution in [2.24, 2.45) is 0 Å². The lowest BCUT2D eigenvalue weighted by Gasteiger charge is -2.47. The predicted octanol–water partition coefficient (Wildman–Crippen LogP) is 5.81. The fourth-order valence-electron chi connectivity index (χ4n) is 8.02. The Hall–Kier alpha value is -2.70. The molecule has 3 aliphatic rings. The van der Waals surface area contributed by atoms with Gasteiger partial charge in [0.1, 0.15) is 29.4 Å². The molecule has 0 radical (unpaired) electrons. The molecule has 2 aliphatic heterocycles. The van der Waals surface area contributed by atoms with Gasteiger partial charge in [-0.25, -0.2) is 4.39 Å². The molecule has 2 unspecified atom stereocenters. The number of benzene rings is 2. The molecule has 2 aromatic carbocycles. The number of methoxy groups -OCH3 is 1. The first-order valence-electron chi connectivity index (χ1n) is 16.5.